The second kappa shape index (κ2) is 23.4. The Kier molecular flexibility index (Phi) is 19.4. The number of benzene rings is 6. The first-order chi connectivity index (χ1) is 24.7. The van der Waals surface area contributed by atoms with Crippen LogP contribution in [0.3, 0.4) is 0 Å². The summed E-state index contributed by atoms with van der Waals surface area (Å²) in [4.78, 5) is 8.94. The van der Waals surface area contributed by atoms with Crippen LogP contribution in [0.25, 0.3) is 22.3 Å². The summed E-state index contributed by atoms with van der Waals surface area (Å²) in [6, 6.07) is 45.3. The van der Waals surface area contributed by atoms with Gasteiger partial charge >= 0.3 is 71.3 Å². The van der Waals surface area contributed by atoms with E-state index in [9.17, 15) is 10.2 Å². The number of phenols is 2. The number of hydrogen-bond donors (Lipinski definition) is 2. The molecule has 6 rings (SSSR count). The standard InChI is InChI=1S/C21H19NO.C20H17NO.4ClH.2Ti/c1-15-11-16(2)13-19(12-15)22-14-18-9-6-10-20(21(18)23)17-7-4-3-5-8-17;1-15-10-12-18(13-11-15)21-14-17-8-5-9-19(20(17)22)16-6-3-2-4-7-16;;;;;;/h3-14,23H,1-2H3;2-14,22H,1H3;4*1H;;/q;;;;;;2*+2/p-4. The van der Waals surface area contributed by atoms with Gasteiger partial charge in [-0.15, -0.1) is 0 Å². The van der Waals surface area contributed by atoms with Crippen LogP contribution in [0.15, 0.2) is 150 Å². The summed E-state index contributed by atoms with van der Waals surface area (Å²) in [6.07, 6.45) is 3.42. The van der Waals surface area contributed by atoms with Crippen LogP contribution < -0.4 is 0 Å². The van der Waals surface area contributed by atoms with Gasteiger partial charge in [-0.2, -0.15) is 0 Å². The van der Waals surface area contributed by atoms with Gasteiger partial charge in [-0.3, -0.25) is 9.98 Å². The predicted molar refractivity (Wildman–Crippen MR) is 212 cm³/mol. The normalized spacial score (nSPS) is 10.3. The number of aryl methyl sites for hydroxylation is 3. The van der Waals surface area contributed by atoms with Crippen LogP contribution in [0.1, 0.15) is 27.8 Å². The molecule has 0 saturated heterocycles. The van der Waals surface area contributed by atoms with Crippen LogP contribution in [0, 0.1) is 20.8 Å². The zero-order chi connectivity index (χ0) is 37.0. The first-order valence-electron chi connectivity index (χ1n) is 15.6. The maximum absolute atomic E-state index is 10.5. The predicted octanol–water partition coefficient (Wildman–Crippen LogP) is 13.3. The summed E-state index contributed by atoms with van der Waals surface area (Å²) < 4.78 is 0. The molecule has 6 aromatic rings. The molecule has 258 valence electrons. The zero-order valence-corrected chi connectivity index (χ0v) is 34.4. The van der Waals surface area contributed by atoms with Gasteiger partial charge in [0.25, 0.3) is 0 Å². The summed E-state index contributed by atoms with van der Waals surface area (Å²) in [5.74, 6) is 0.511. The molecule has 51 heavy (non-hydrogen) atoms. The first kappa shape index (κ1) is 42.3. The van der Waals surface area contributed by atoms with Crippen molar-refractivity contribution in [2.75, 3.05) is 0 Å². The number of rotatable bonds is 6. The van der Waals surface area contributed by atoms with Gasteiger partial charge in [-0.25, -0.2) is 0 Å². The van der Waals surface area contributed by atoms with Crippen molar-refractivity contribution in [1.29, 1.82) is 0 Å². The molecule has 4 nitrogen and oxygen atoms in total. The Hall–Kier alpha value is -3.15. The van der Waals surface area contributed by atoms with Crippen LogP contribution in [0.2, 0.25) is 0 Å². The Morgan fingerprint density at radius 3 is 1.25 bits per heavy atom. The molecule has 0 amide bonds. The van der Waals surface area contributed by atoms with Crippen molar-refractivity contribution in [3.8, 4) is 33.8 Å². The van der Waals surface area contributed by atoms with Gasteiger partial charge in [0.2, 0.25) is 0 Å². The molecule has 0 spiro atoms. The van der Waals surface area contributed by atoms with Crippen molar-refractivity contribution >= 4 is 61.0 Å². The molecular formula is C41H36Cl4N2O2Ti2. The molecule has 0 aliphatic carbocycles. The molecule has 0 aliphatic rings. The summed E-state index contributed by atoms with van der Waals surface area (Å²) in [6.45, 7) is 6.15. The SMILES string of the molecule is Cc1cc(C)cc(N=Cc2cccc(-c3ccccc3)c2O)c1.Cc1ccc(N=Cc2cccc(-c3ccccc3)c2O)cc1.[Cl][Ti][Cl].[Cl][Ti][Cl]. The van der Waals surface area contributed by atoms with Crippen molar-refractivity contribution in [2.45, 2.75) is 20.8 Å². The van der Waals surface area contributed by atoms with E-state index in [1.807, 2.05) is 140 Å². The van der Waals surface area contributed by atoms with E-state index < -0.39 is 34.1 Å². The van der Waals surface area contributed by atoms with Crippen LogP contribution in [-0.2, 0) is 34.1 Å². The fourth-order valence-electron chi connectivity index (χ4n) is 4.98. The third-order valence-electron chi connectivity index (χ3n) is 7.25. The minimum atomic E-state index is -0.556. The van der Waals surface area contributed by atoms with Crippen molar-refractivity contribution in [3.63, 3.8) is 0 Å². The van der Waals surface area contributed by atoms with E-state index in [2.05, 4.69) is 29.9 Å². The van der Waals surface area contributed by atoms with Crippen LogP contribution >= 0.6 is 37.2 Å². The average molecular weight is 826 g/mol. The number of phenolic OH excluding ortho intramolecular Hbond substituents is 2. The molecule has 2 N–H and O–H groups in total. The molecule has 6 aromatic carbocycles. The number of hydrogen-bond acceptors (Lipinski definition) is 4. The summed E-state index contributed by atoms with van der Waals surface area (Å²) in [5.41, 5.74) is 10.4. The number of para-hydroxylation sites is 2. The second-order valence-electron chi connectivity index (χ2n) is 11.1. The summed E-state index contributed by atoms with van der Waals surface area (Å²) >= 11 is -1.11. The molecular weight excluding hydrogens is 790 g/mol. The third-order valence-corrected chi connectivity index (χ3v) is 7.25. The van der Waals surface area contributed by atoms with Gasteiger partial charge in [0.05, 0.1) is 11.4 Å². The molecule has 0 bridgehead atoms. The molecule has 10 heteroatoms. The number of aliphatic imine (C=N–C) groups is 2. The van der Waals surface area contributed by atoms with Gasteiger partial charge in [0.1, 0.15) is 11.5 Å². The van der Waals surface area contributed by atoms with Crippen molar-refractivity contribution in [2.24, 2.45) is 9.98 Å². The van der Waals surface area contributed by atoms with Gasteiger partial charge < -0.3 is 10.2 Å². The second-order valence-corrected chi connectivity index (χ2v) is 16.2. The van der Waals surface area contributed by atoms with E-state index in [-0.39, 0.29) is 11.5 Å². The quantitative estimate of drug-likeness (QED) is 0.130. The summed E-state index contributed by atoms with van der Waals surface area (Å²) in [7, 11) is 19.6. The Morgan fingerprint density at radius 2 is 0.843 bits per heavy atom. The van der Waals surface area contributed by atoms with Gasteiger partial charge in [0.15, 0.2) is 0 Å². The summed E-state index contributed by atoms with van der Waals surface area (Å²) in [5, 5.41) is 21.0. The minimum absolute atomic E-state index is 0.254. The molecule has 0 saturated carbocycles. The van der Waals surface area contributed by atoms with Crippen LogP contribution in [0.5, 0.6) is 11.5 Å². The van der Waals surface area contributed by atoms with Crippen molar-refractivity contribution in [3.05, 3.63) is 167 Å². The van der Waals surface area contributed by atoms with Crippen molar-refractivity contribution in [1.82, 2.24) is 0 Å². The van der Waals surface area contributed by atoms with E-state index >= 15 is 0 Å². The fraction of sp³-hybridized carbons (Fsp3) is 0.0732. The van der Waals surface area contributed by atoms with E-state index in [1.54, 1.807) is 12.4 Å². The maximum atomic E-state index is 10.5. The Labute approximate surface area is 334 Å². The molecule has 0 heterocycles. The zero-order valence-electron chi connectivity index (χ0n) is 28.2. The molecule has 0 aliphatic heterocycles. The van der Waals surface area contributed by atoms with Gasteiger partial charge in [-0.05, 0) is 79.4 Å². The molecule has 0 atom stereocenters. The van der Waals surface area contributed by atoms with Gasteiger partial charge in [-0.1, -0.05) is 109 Å². The Morgan fingerprint density at radius 1 is 0.451 bits per heavy atom. The third kappa shape index (κ3) is 14.4. The molecule has 0 unspecified atom stereocenters. The average Bonchev–Trinajstić information content (AvgIpc) is 3.13. The first-order valence-corrected chi connectivity index (χ1v) is 24.2. The molecule has 0 radical (unpaired) electrons. The monoisotopic (exact) mass is 824 g/mol. The fourth-order valence-corrected chi connectivity index (χ4v) is 4.98. The van der Waals surface area contributed by atoms with Crippen LogP contribution in [0.4, 0.5) is 11.4 Å². The van der Waals surface area contributed by atoms with E-state index in [0.717, 1.165) is 33.6 Å². The Balaban J connectivity index is 0.000000239. The molecule has 0 aromatic heterocycles. The van der Waals surface area contributed by atoms with Gasteiger partial charge in [0, 0.05) is 34.7 Å². The van der Waals surface area contributed by atoms with E-state index in [1.165, 1.54) is 16.7 Å². The Bertz CT molecular complexity index is 1970. The van der Waals surface area contributed by atoms with E-state index in [4.69, 9.17) is 37.2 Å². The number of aromatic hydroxyl groups is 2. The van der Waals surface area contributed by atoms with E-state index in [0.29, 0.717) is 11.1 Å². The topological polar surface area (TPSA) is 65.2 Å². The van der Waals surface area contributed by atoms with Crippen LogP contribution in [-0.4, -0.2) is 22.6 Å². The molecule has 0 fully saturated rings. The van der Waals surface area contributed by atoms with Crippen molar-refractivity contribution < 1.29 is 44.3 Å². The number of halogens is 4. The number of nitrogens with zero attached hydrogens (tertiary/aromatic N) is 2.